The topological polar surface area (TPSA) is 170 Å². The van der Waals surface area contributed by atoms with Gasteiger partial charge >= 0.3 is 12.0 Å². The fourth-order valence-corrected chi connectivity index (χ4v) is 12.1. The summed E-state index contributed by atoms with van der Waals surface area (Å²) in [5.41, 5.74) is 3.55. The zero-order chi connectivity index (χ0) is 55.5. The molecule has 3 saturated heterocycles. The highest BCUT2D eigenvalue weighted by molar-refractivity contribution is 6.25. The maximum Gasteiger partial charge on any atom is 0.329 e. The number of rotatable bonds is 12. The van der Waals surface area contributed by atoms with Crippen molar-refractivity contribution in [3.05, 3.63) is 221 Å². The Morgan fingerprint density at radius 3 is 2.01 bits per heavy atom. The van der Waals surface area contributed by atoms with Crippen LogP contribution in [0.15, 0.2) is 182 Å². The number of carbonyl (C=O) groups is 5. The highest BCUT2D eigenvalue weighted by atomic mass is 16.6. The van der Waals surface area contributed by atoms with Crippen molar-refractivity contribution in [2.45, 2.75) is 49.5 Å². The zero-order valence-electron chi connectivity index (χ0n) is 44.5. The van der Waals surface area contributed by atoms with Crippen LogP contribution in [0.1, 0.15) is 77.0 Å². The molecule has 80 heavy (non-hydrogen) atoms. The molecule has 404 valence electrons. The van der Waals surface area contributed by atoms with Gasteiger partial charge < -0.3 is 39.8 Å². The number of morpholine rings is 1. The van der Waals surface area contributed by atoms with E-state index >= 15 is 19.2 Å². The summed E-state index contributed by atoms with van der Waals surface area (Å²) < 4.78 is 18.2. The first kappa shape index (κ1) is 52.8. The number of aliphatic hydroxyl groups is 1. The summed E-state index contributed by atoms with van der Waals surface area (Å²) in [6, 6.07) is 50.5. The molecule has 7 atom stereocenters. The summed E-state index contributed by atoms with van der Waals surface area (Å²) in [5, 5.41) is 16.2. The van der Waals surface area contributed by atoms with E-state index in [4.69, 9.17) is 14.2 Å². The molecule has 0 aromatic heterocycles. The van der Waals surface area contributed by atoms with Gasteiger partial charge in [0.1, 0.15) is 35.7 Å². The smallest absolute Gasteiger partial charge is 0.329 e. The van der Waals surface area contributed by atoms with Crippen LogP contribution in [0, 0.1) is 17.8 Å². The Morgan fingerprint density at radius 2 is 1.35 bits per heavy atom. The average Bonchev–Trinajstić information content (AvgIpc) is 3.35. The van der Waals surface area contributed by atoms with Crippen molar-refractivity contribution in [3.8, 4) is 23.3 Å². The number of aliphatic hydroxyl groups excluding tert-OH is 1. The van der Waals surface area contributed by atoms with Crippen LogP contribution in [0.2, 0.25) is 0 Å². The summed E-state index contributed by atoms with van der Waals surface area (Å²) in [4.78, 5) is 83.7. The second kappa shape index (κ2) is 22.6. The van der Waals surface area contributed by atoms with Crippen molar-refractivity contribution in [1.29, 1.82) is 0 Å². The zero-order valence-corrected chi connectivity index (χ0v) is 44.5. The van der Waals surface area contributed by atoms with E-state index in [1.165, 1.54) is 0 Å². The van der Waals surface area contributed by atoms with E-state index in [1.807, 2.05) is 150 Å². The van der Waals surface area contributed by atoms with Crippen LogP contribution in [-0.4, -0.2) is 97.2 Å². The number of cyclic esters (lactones) is 1. The van der Waals surface area contributed by atoms with Gasteiger partial charge in [-0.05, 0) is 114 Å². The number of nitrogens with zero attached hydrogens (tertiary/aromatic N) is 4. The largest absolute Gasteiger partial charge is 0.497 e. The second-order valence-electron chi connectivity index (χ2n) is 20.4. The van der Waals surface area contributed by atoms with Crippen molar-refractivity contribution < 1.29 is 43.3 Å². The normalized spacial score (nSPS) is 21.6. The van der Waals surface area contributed by atoms with Gasteiger partial charge in [0.2, 0.25) is 17.7 Å². The van der Waals surface area contributed by atoms with Gasteiger partial charge in [-0.15, -0.1) is 0 Å². The average molecular weight is 1070 g/mol. The van der Waals surface area contributed by atoms with Crippen LogP contribution in [0.4, 0.5) is 21.9 Å². The Hall–Kier alpha value is -9.23. The van der Waals surface area contributed by atoms with Crippen molar-refractivity contribution >= 4 is 46.8 Å². The molecule has 7 aromatic rings. The van der Waals surface area contributed by atoms with Gasteiger partial charge in [0, 0.05) is 55.6 Å². The maximum absolute atomic E-state index is 17.0. The van der Waals surface area contributed by atoms with Gasteiger partial charge in [-0.1, -0.05) is 115 Å². The summed E-state index contributed by atoms with van der Waals surface area (Å²) in [7, 11) is 1.59. The number of fused-ring (bicyclic) bond motifs is 3. The molecular formula is C65H60N6O9. The third-order valence-corrected chi connectivity index (χ3v) is 15.8. The van der Waals surface area contributed by atoms with E-state index in [0.29, 0.717) is 71.2 Å². The quantitative estimate of drug-likeness (QED) is 0.0789. The maximum atomic E-state index is 17.0. The van der Waals surface area contributed by atoms with Gasteiger partial charge in [-0.2, -0.15) is 0 Å². The minimum absolute atomic E-state index is 0.0232. The Morgan fingerprint density at radius 1 is 0.713 bits per heavy atom. The highest BCUT2D eigenvalue weighted by Crippen LogP contribution is 2.66. The number of hydrogen-bond acceptors (Lipinski definition) is 11. The minimum atomic E-state index is -2.10. The number of ether oxygens (including phenoxy) is 3. The highest BCUT2D eigenvalue weighted by Gasteiger charge is 2.75. The van der Waals surface area contributed by atoms with Crippen LogP contribution in [0.5, 0.6) is 11.5 Å². The molecule has 2 unspecified atom stereocenters. The monoisotopic (exact) mass is 1070 g/mol. The third kappa shape index (κ3) is 9.88. The summed E-state index contributed by atoms with van der Waals surface area (Å²) >= 11 is 0. The molecule has 0 aliphatic carbocycles. The molecule has 4 aliphatic heterocycles. The standard InChI is InChI=1S/C65H60N6O9/c1-42(46-14-7-4-8-15-46)66-64(77)70-55-33-26-45(23-22-44-24-31-52(78-3)32-25-44)40-54(55)65(63(70)76)56(61(74)67-50-27-29-51(30-28-50)69-36-34-68(35-37-69)43(2)73)58-62(75)80-59(48-18-11-6-12-19-48)57(47-16-9-5-10-17-47)71(58)60(65)49-20-13-21-53(41-49)79-39-38-72/h4-21,24-33,40-42,56-60,72H,34-39H2,1-3H3,(H,66,77)(H,67,74)/t42-,56+,57+,58?,59-,60-,65?/m0/s1. The predicted molar refractivity (Wildman–Crippen MR) is 303 cm³/mol. The number of urea groups is 1. The lowest BCUT2D eigenvalue weighted by Gasteiger charge is -2.46. The summed E-state index contributed by atoms with van der Waals surface area (Å²) in [5.74, 6) is 3.84. The molecule has 3 N–H and O–H groups in total. The molecule has 4 heterocycles. The first-order valence-corrected chi connectivity index (χ1v) is 26.8. The lowest BCUT2D eigenvalue weighted by molar-refractivity contribution is -0.177. The number of esters is 1. The SMILES string of the molecule is COc1ccc(C#Cc2ccc3c(c2)C2(C(=O)N3C(=O)N[C@@H](C)c3ccccc3)[C@H](c3cccc(OCCO)c3)N3C(C(=O)O[C@@H](c4ccccc4)[C@H]3c3ccccc3)[C@@H]2C(=O)Nc2ccc(N3CCN(C(C)=O)CC3)cc2)cc1. The Labute approximate surface area is 464 Å². The van der Waals surface area contributed by atoms with Crippen LogP contribution in [-0.2, 0) is 29.3 Å². The van der Waals surface area contributed by atoms with Crippen LogP contribution >= 0.6 is 0 Å². The van der Waals surface area contributed by atoms with Crippen LogP contribution in [0.25, 0.3) is 0 Å². The molecule has 11 rings (SSSR count). The van der Waals surface area contributed by atoms with Crippen molar-refractivity contribution in [1.82, 2.24) is 15.1 Å². The number of hydrogen-bond donors (Lipinski definition) is 3. The Balaban J connectivity index is 1.14. The number of carbonyl (C=O) groups excluding carboxylic acids is 5. The van der Waals surface area contributed by atoms with E-state index < -0.39 is 65.4 Å². The molecular weight excluding hydrogens is 1010 g/mol. The Bertz CT molecular complexity index is 3490. The molecule has 15 nitrogen and oxygen atoms in total. The van der Waals surface area contributed by atoms with E-state index in [1.54, 1.807) is 62.6 Å². The summed E-state index contributed by atoms with van der Waals surface area (Å²) in [6.45, 7) is 5.48. The minimum Gasteiger partial charge on any atom is -0.497 e. The molecule has 0 bridgehead atoms. The van der Waals surface area contributed by atoms with E-state index in [2.05, 4.69) is 27.4 Å². The molecule has 15 heteroatoms. The first-order valence-electron chi connectivity index (χ1n) is 26.8. The van der Waals surface area contributed by atoms with Crippen molar-refractivity contribution in [2.75, 3.05) is 61.6 Å². The number of piperazine rings is 1. The van der Waals surface area contributed by atoms with Crippen molar-refractivity contribution in [2.24, 2.45) is 5.92 Å². The van der Waals surface area contributed by atoms with E-state index in [-0.39, 0.29) is 24.8 Å². The third-order valence-electron chi connectivity index (χ3n) is 15.8. The molecule has 4 aliphatic rings. The number of anilines is 3. The molecule has 1 spiro atoms. The fourth-order valence-electron chi connectivity index (χ4n) is 12.1. The van der Waals surface area contributed by atoms with Crippen LogP contribution < -0.4 is 29.9 Å². The molecule has 5 amide bonds. The van der Waals surface area contributed by atoms with Crippen LogP contribution in [0.3, 0.4) is 0 Å². The molecule has 0 saturated carbocycles. The van der Waals surface area contributed by atoms with Gasteiger partial charge in [0.15, 0.2) is 0 Å². The second-order valence-corrected chi connectivity index (χ2v) is 20.4. The van der Waals surface area contributed by atoms with E-state index in [0.717, 1.165) is 21.7 Å². The molecule has 0 radical (unpaired) electrons. The fraction of sp³-hybridized carbons (Fsp3) is 0.246. The lowest BCUT2D eigenvalue weighted by atomic mass is 9.65. The summed E-state index contributed by atoms with van der Waals surface area (Å²) in [6.07, 6.45) is -0.953. The molecule has 7 aromatic carbocycles. The lowest BCUT2D eigenvalue weighted by Crippen LogP contribution is -2.55. The number of imide groups is 1. The van der Waals surface area contributed by atoms with Gasteiger partial charge in [0.05, 0.1) is 43.4 Å². The predicted octanol–water partition coefficient (Wildman–Crippen LogP) is 8.91. The Kier molecular flexibility index (Phi) is 14.9. The number of amides is 5. The van der Waals surface area contributed by atoms with E-state index in [9.17, 15) is 9.90 Å². The van der Waals surface area contributed by atoms with Gasteiger partial charge in [-0.3, -0.25) is 24.1 Å². The van der Waals surface area contributed by atoms with Gasteiger partial charge in [0.25, 0.3) is 0 Å². The first-order chi connectivity index (χ1) is 39.0. The number of benzene rings is 7. The van der Waals surface area contributed by atoms with Gasteiger partial charge in [-0.25, -0.2) is 9.69 Å². The molecule has 3 fully saturated rings. The number of nitrogens with one attached hydrogen (secondary N) is 2. The number of methoxy groups -OCH3 is 1. The van der Waals surface area contributed by atoms with Crippen molar-refractivity contribution in [3.63, 3.8) is 0 Å².